The number of hydrogen-bond donors (Lipinski definition) is 0. The smallest absolute Gasteiger partial charge is 0 e. The van der Waals surface area contributed by atoms with Gasteiger partial charge >= 0.3 is 128 Å². The average molecular weight is 883 g/mol. The summed E-state index contributed by atoms with van der Waals surface area (Å²) in [5, 5.41) is 2.05. The second-order valence-corrected chi connectivity index (χ2v) is 25.0. The van der Waals surface area contributed by atoms with Crippen LogP contribution in [0.4, 0.5) is 0 Å². The van der Waals surface area contributed by atoms with Gasteiger partial charge in [0.25, 0.3) is 0 Å². The zero-order valence-electron chi connectivity index (χ0n) is 34.7. The molecule has 0 unspecified atom stereocenters. The minimum Gasteiger partial charge on any atom is 0 e. The van der Waals surface area contributed by atoms with Gasteiger partial charge in [-0.3, -0.25) is 0 Å². The van der Waals surface area contributed by atoms with Crippen molar-refractivity contribution in [3.63, 3.8) is 0 Å². The van der Waals surface area contributed by atoms with Crippen LogP contribution in [0.25, 0.3) is 42.7 Å². The summed E-state index contributed by atoms with van der Waals surface area (Å²) >= 11 is -0.665. The van der Waals surface area contributed by atoms with E-state index in [0.29, 0.717) is 16.8 Å². The van der Waals surface area contributed by atoms with Crippen LogP contribution in [0.15, 0.2) is 85.2 Å². The third kappa shape index (κ3) is 8.70. The SMILES string of the molecule is [2H]C([2H])([2H])c1ccc2c(c1)sc1c(-c3cc(C([2H])([2H])C4CCCC4)ccn3)[c-]ccc12.[2H]C([2H])(c1cc(-c2[c-]cccc2)nc[c]1[Ge]([CH3])([CH3])[CH3])C(C)C.[Ir]. The number of thiophene rings is 1. The van der Waals surface area contributed by atoms with Gasteiger partial charge in [0.1, 0.15) is 0 Å². The van der Waals surface area contributed by atoms with Crippen molar-refractivity contribution in [2.24, 2.45) is 11.8 Å². The number of pyridine rings is 2. The Bertz CT molecular complexity index is 2220. The first-order valence-electron chi connectivity index (χ1n) is 19.7. The molecule has 1 aliphatic rings. The van der Waals surface area contributed by atoms with Gasteiger partial charge in [0.05, 0.1) is 0 Å². The van der Waals surface area contributed by atoms with Crippen molar-refractivity contribution in [2.75, 3.05) is 0 Å². The van der Waals surface area contributed by atoms with Gasteiger partial charge in [-0.1, -0.05) is 54.8 Å². The van der Waals surface area contributed by atoms with Gasteiger partial charge in [-0.25, -0.2) is 0 Å². The van der Waals surface area contributed by atoms with Crippen LogP contribution in [-0.4, -0.2) is 23.2 Å². The zero-order chi connectivity index (χ0) is 38.3. The molecule has 3 aromatic carbocycles. The molecular formula is C42H46GeIrN2S-2. The van der Waals surface area contributed by atoms with Crippen LogP contribution in [0.1, 0.15) is 65.8 Å². The summed E-state index contributed by atoms with van der Waals surface area (Å²) in [6.45, 7) is 1.74. The Morgan fingerprint density at radius 1 is 0.936 bits per heavy atom. The molecule has 1 radical (unpaired) electrons. The number of aromatic nitrogens is 2. The van der Waals surface area contributed by atoms with Gasteiger partial charge in [-0.05, 0) is 52.6 Å². The minimum absolute atomic E-state index is 0. The maximum atomic E-state index is 8.73. The van der Waals surface area contributed by atoms with Gasteiger partial charge in [0.15, 0.2) is 0 Å². The van der Waals surface area contributed by atoms with Crippen LogP contribution in [0.2, 0.25) is 17.3 Å². The molecular weight excluding hydrogens is 829 g/mol. The second-order valence-electron chi connectivity index (χ2n) is 13.4. The predicted molar refractivity (Wildman–Crippen MR) is 202 cm³/mol. The van der Waals surface area contributed by atoms with E-state index < -0.39 is 32.9 Å². The van der Waals surface area contributed by atoms with Crippen molar-refractivity contribution >= 4 is 49.2 Å². The van der Waals surface area contributed by atoms with Gasteiger partial charge in [0.2, 0.25) is 0 Å². The van der Waals surface area contributed by atoms with E-state index >= 15 is 0 Å². The fourth-order valence-corrected chi connectivity index (χ4v) is 10.3. The van der Waals surface area contributed by atoms with Crippen molar-refractivity contribution in [3.8, 4) is 22.5 Å². The number of fused-ring (bicyclic) bond motifs is 3. The van der Waals surface area contributed by atoms with Crippen LogP contribution in [0.3, 0.4) is 0 Å². The summed E-state index contributed by atoms with van der Waals surface area (Å²) in [5.74, 6) is 6.82. The molecule has 7 rings (SSSR count). The molecule has 1 fully saturated rings. The molecule has 2 nitrogen and oxygen atoms in total. The number of hydrogen-bond acceptors (Lipinski definition) is 3. The van der Waals surface area contributed by atoms with Crippen LogP contribution in [0.5, 0.6) is 0 Å². The van der Waals surface area contributed by atoms with E-state index in [4.69, 9.17) is 9.60 Å². The van der Waals surface area contributed by atoms with Crippen LogP contribution in [-0.2, 0) is 32.9 Å². The molecule has 0 N–H and O–H groups in total. The number of benzene rings is 3. The van der Waals surface area contributed by atoms with E-state index in [2.05, 4.69) is 39.4 Å². The molecule has 245 valence electrons. The number of rotatable bonds is 7. The summed E-state index contributed by atoms with van der Waals surface area (Å²) in [6.07, 6.45) is 4.90. The largest absolute Gasteiger partial charge is 0 e. The third-order valence-electron chi connectivity index (χ3n) is 8.32. The van der Waals surface area contributed by atoms with Gasteiger partial charge < -0.3 is 4.98 Å². The molecule has 1 aliphatic carbocycles. The Kier molecular flexibility index (Phi) is 9.11. The summed E-state index contributed by atoms with van der Waals surface area (Å²) in [7, 11) is 0. The van der Waals surface area contributed by atoms with E-state index in [-0.39, 0.29) is 31.9 Å². The van der Waals surface area contributed by atoms with Crippen molar-refractivity contribution in [1.29, 1.82) is 0 Å². The summed E-state index contributed by atoms with van der Waals surface area (Å²) < 4.78 is 60.7. The van der Waals surface area contributed by atoms with E-state index in [9.17, 15) is 0 Å². The van der Waals surface area contributed by atoms with E-state index in [1.807, 2.05) is 74.6 Å². The quantitative estimate of drug-likeness (QED) is 0.118. The molecule has 0 saturated heterocycles. The normalized spacial score (nSPS) is 16.6. The maximum Gasteiger partial charge on any atom is 0 e. The fourth-order valence-electron chi connectivity index (χ4n) is 6.08. The molecule has 3 heterocycles. The predicted octanol–water partition coefficient (Wildman–Crippen LogP) is 11.2. The third-order valence-corrected chi connectivity index (χ3v) is 13.7. The fraction of sp³-hybridized carbons (Fsp3) is 0.333. The summed E-state index contributed by atoms with van der Waals surface area (Å²) in [4.78, 5) is 9.14. The van der Waals surface area contributed by atoms with E-state index in [1.54, 1.807) is 24.4 Å². The molecule has 0 atom stereocenters. The average Bonchev–Trinajstić information content (AvgIpc) is 3.80. The van der Waals surface area contributed by atoms with Crippen molar-refractivity contribution < 1.29 is 29.7 Å². The Labute approximate surface area is 312 Å². The first-order chi connectivity index (χ1) is 24.9. The Morgan fingerprint density at radius 3 is 2.49 bits per heavy atom. The van der Waals surface area contributed by atoms with Crippen molar-refractivity contribution in [1.82, 2.24) is 9.97 Å². The Hall–Kier alpha value is -2.63. The molecule has 5 heteroatoms. The second kappa shape index (κ2) is 15.7. The minimum atomic E-state index is -2.20. The van der Waals surface area contributed by atoms with Crippen molar-refractivity contribution in [3.05, 3.63) is 114 Å². The summed E-state index contributed by atoms with van der Waals surface area (Å²) in [6, 6.07) is 28.9. The van der Waals surface area contributed by atoms with E-state index in [0.717, 1.165) is 72.6 Å². The summed E-state index contributed by atoms with van der Waals surface area (Å²) in [5.41, 5.74) is 5.07. The monoisotopic (exact) mass is 884 g/mol. The molecule has 0 bridgehead atoms. The Morgan fingerprint density at radius 2 is 1.77 bits per heavy atom. The van der Waals surface area contributed by atoms with Crippen molar-refractivity contribution in [2.45, 2.75) is 76.4 Å². The van der Waals surface area contributed by atoms with Crippen LogP contribution >= 0.6 is 11.3 Å². The topological polar surface area (TPSA) is 25.8 Å². The Balaban J connectivity index is 0.000000217. The molecule has 6 aromatic rings. The van der Waals surface area contributed by atoms with E-state index in [1.165, 1.54) is 11.3 Å². The molecule has 0 amide bonds. The molecule has 3 aromatic heterocycles. The van der Waals surface area contributed by atoms with Gasteiger partial charge in [-0.2, -0.15) is 11.3 Å². The first kappa shape index (κ1) is 27.2. The van der Waals surface area contributed by atoms with Gasteiger partial charge in [0, 0.05) is 37.9 Å². The first-order valence-corrected chi connectivity index (χ1v) is 24.4. The standard InChI is InChI=1S/C24H22NS.C18H24GeN.Ir/c1-16-9-10-19-20-7-4-8-21(24(20)26-23(19)13-16)22-15-18(11-12-25-22)14-17-5-2-3-6-17;1-14(2)11-16-12-18(15-9-7-6-8-10-15)20-13-17(16)19(3,4)5;/h4,7,9-13,15,17H,2-3,5-6,14H2,1H3;6-9,12-14H,11H2,1-5H3;/q2*-1;/i1D3,14D2;11D2;. The molecule has 0 aliphatic heterocycles. The maximum absolute atomic E-state index is 8.73. The zero-order valence-corrected chi connectivity index (χ0v) is 33.0. The van der Waals surface area contributed by atoms with Crippen LogP contribution < -0.4 is 4.40 Å². The molecule has 1 saturated carbocycles. The number of aryl methyl sites for hydroxylation is 1. The number of nitrogens with zero attached hydrogens (tertiary/aromatic N) is 2. The van der Waals surface area contributed by atoms with Gasteiger partial charge in [-0.15, -0.1) is 23.8 Å². The molecule has 0 spiro atoms. The molecule has 47 heavy (non-hydrogen) atoms. The van der Waals surface area contributed by atoms with Crippen LogP contribution in [0, 0.1) is 30.8 Å².